The van der Waals surface area contributed by atoms with Crippen molar-refractivity contribution in [2.24, 2.45) is 0 Å². The van der Waals surface area contributed by atoms with Crippen molar-refractivity contribution < 1.29 is 14.3 Å². The molecule has 0 unspecified atom stereocenters. The van der Waals surface area contributed by atoms with Gasteiger partial charge in [0.2, 0.25) is 0 Å². The molecule has 0 aliphatic rings. The van der Waals surface area contributed by atoms with Gasteiger partial charge in [0.1, 0.15) is 5.52 Å². The van der Waals surface area contributed by atoms with E-state index in [0.717, 1.165) is 11.1 Å². The molecular formula is C12H11NO3. The van der Waals surface area contributed by atoms with Gasteiger partial charge in [-0.05, 0) is 23.3 Å². The smallest absolute Gasteiger partial charge is 0.307 e. The minimum atomic E-state index is -0.890. The Morgan fingerprint density at radius 3 is 3.00 bits per heavy atom. The van der Waals surface area contributed by atoms with Crippen molar-refractivity contribution in [3.63, 3.8) is 0 Å². The summed E-state index contributed by atoms with van der Waals surface area (Å²) in [5.41, 5.74) is 2.75. The molecule has 0 atom stereocenters. The summed E-state index contributed by atoms with van der Waals surface area (Å²) in [7, 11) is 0. The molecule has 0 aliphatic heterocycles. The lowest BCUT2D eigenvalue weighted by molar-refractivity contribution is -0.135. The van der Waals surface area contributed by atoms with Crippen molar-refractivity contribution in [2.75, 3.05) is 0 Å². The molecule has 0 fully saturated rings. The van der Waals surface area contributed by atoms with E-state index in [0.29, 0.717) is 17.0 Å². The van der Waals surface area contributed by atoms with Crippen molar-refractivity contribution in [1.82, 2.24) is 4.98 Å². The minimum Gasteiger partial charge on any atom is -0.481 e. The average Bonchev–Trinajstić information content (AvgIpc) is 2.55. The van der Waals surface area contributed by atoms with Crippen LogP contribution in [0.1, 0.15) is 17.9 Å². The van der Waals surface area contributed by atoms with E-state index >= 15 is 0 Å². The predicted octanol–water partition coefficient (Wildman–Crippen LogP) is 2.62. The minimum absolute atomic E-state index is 0.0708. The second-order valence-corrected chi connectivity index (χ2v) is 3.59. The molecule has 0 radical (unpaired) electrons. The van der Waals surface area contributed by atoms with E-state index in [9.17, 15) is 4.79 Å². The number of carbonyl (C=O) groups is 1. The summed E-state index contributed by atoms with van der Waals surface area (Å²) in [4.78, 5) is 14.7. The van der Waals surface area contributed by atoms with E-state index in [1.165, 1.54) is 0 Å². The van der Waals surface area contributed by atoms with Gasteiger partial charge in [0.15, 0.2) is 11.5 Å². The van der Waals surface area contributed by atoms with Gasteiger partial charge in [0.05, 0.1) is 6.42 Å². The molecule has 1 N–H and O–H groups in total. The van der Waals surface area contributed by atoms with Crippen molar-refractivity contribution >= 4 is 22.6 Å². The van der Waals surface area contributed by atoms with E-state index in [2.05, 4.69) is 11.6 Å². The number of hydrogen-bond donors (Lipinski definition) is 1. The van der Waals surface area contributed by atoms with E-state index in [1.807, 2.05) is 0 Å². The normalized spacial score (nSPS) is 10.6. The van der Waals surface area contributed by atoms with Crippen LogP contribution in [0.4, 0.5) is 0 Å². The summed E-state index contributed by atoms with van der Waals surface area (Å²) in [5, 5.41) is 8.67. The quantitative estimate of drug-likeness (QED) is 0.858. The van der Waals surface area contributed by atoms with Crippen molar-refractivity contribution in [3.8, 4) is 0 Å². The first kappa shape index (κ1) is 10.4. The number of aryl methyl sites for hydroxylation is 1. The molecule has 16 heavy (non-hydrogen) atoms. The van der Waals surface area contributed by atoms with Crippen molar-refractivity contribution in [1.29, 1.82) is 0 Å². The second kappa shape index (κ2) is 3.81. The molecule has 0 aliphatic carbocycles. The third kappa shape index (κ3) is 1.95. The van der Waals surface area contributed by atoms with Gasteiger partial charge in [-0.15, -0.1) is 0 Å². The first-order valence-corrected chi connectivity index (χ1v) is 4.83. The molecule has 4 nitrogen and oxygen atoms in total. The fraction of sp³-hybridized carbons (Fsp3) is 0.167. The monoisotopic (exact) mass is 217 g/mol. The van der Waals surface area contributed by atoms with Gasteiger partial charge in [-0.3, -0.25) is 4.79 Å². The van der Waals surface area contributed by atoms with E-state index in [1.54, 1.807) is 25.1 Å². The number of carboxylic acids is 1. The molecule has 0 amide bonds. The number of aromatic nitrogens is 1. The number of hydrogen-bond acceptors (Lipinski definition) is 3. The Kier molecular flexibility index (Phi) is 2.48. The van der Waals surface area contributed by atoms with Gasteiger partial charge in [0.25, 0.3) is 0 Å². The maximum Gasteiger partial charge on any atom is 0.307 e. The van der Waals surface area contributed by atoms with Crippen LogP contribution in [0.5, 0.6) is 0 Å². The second-order valence-electron chi connectivity index (χ2n) is 3.59. The van der Waals surface area contributed by atoms with Crippen LogP contribution in [0.3, 0.4) is 0 Å². The molecule has 0 spiro atoms. The zero-order valence-electron chi connectivity index (χ0n) is 8.86. The lowest BCUT2D eigenvalue weighted by Gasteiger charge is -2.01. The van der Waals surface area contributed by atoms with E-state index < -0.39 is 5.97 Å². The van der Waals surface area contributed by atoms with Gasteiger partial charge in [-0.2, -0.15) is 0 Å². The maximum atomic E-state index is 10.6. The van der Waals surface area contributed by atoms with E-state index in [4.69, 9.17) is 9.52 Å². The number of rotatable bonds is 3. The maximum absolute atomic E-state index is 10.6. The molecular weight excluding hydrogens is 206 g/mol. The highest BCUT2D eigenvalue weighted by atomic mass is 16.4. The number of carboxylic acid groups (broad SMARTS) is 1. The number of nitrogens with zero attached hydrogens (tertiary/aromatic N) is 1. The van der Waals surface area contributed by atoms with E-state index in [-0.39, 0.29) is 6.42 Å². The summed E-state index contributed by atoms with van der Waals surface area (Å²) in [6.45, 7) is 5.51. The third-order valence-electron chi connectivity index (χ3n) is 2.27. The number of oxazole rings is 1. The first-order chi connectivity index (χ1) is 7.56. The molecule has 0 saturated carbocycles. The molecule has 1 aromatic carbocycles. The lowest BCUT2D eigenvalue weighted by Crippen LogP contribution is -1.95. The Balaban J connectivity index is 2.38. The molecule has 1 heterocycles. The van der Waals surface area contributed by atoms with Gasteiger partial charge in [-0.25, -0.2) is 4.98 Å². The van der Waals surface area contributed by atoms with Crippen LogP contribution in [-0.2, 0) is 4.79 Å². The van der Waals surface area contributed by atoms with Gasteiger partial charge in [0, 0.05) is 6.92 Å². The first-order valence-electron chi connectivity index (χ1n) is 4.83. The summed E-state index contributed by atoms with van der Waals surface area (Å²) >= 11 is 0. The molecule has 2 rings (SSSR count). The highest BCUT2D eigenvalue weighted by Crippen LogP contribution is 2.22. The summed E-state index contributed by atoms with van der Waals surface area (Å²) in [6.07, 6.45) is -0.0708. The average molecular weight is 217 g/mol. The molecule has 0 saturated heterocycles. The van der Waals surface area contributed by atoms with Crippen LogP contribution in [0.25, 0.3) is 16.7 Å². The van der Waals surface area contributed by atoms with Crippen LogP contribution in [-0.4, -0.2) is 16.1 Å². The Bertz CT molecular complexity index is 569. The van der Waals surface area contributed by atoms with Crippen LogP contribution in [0.15, 0.2) is 29.2 Å². The van der Waals surface area contributed by atoms with Crippen LogP contribution < -0.4 is 0 Å². The Morgan fingerprint density at radius 1 is 1.56 bits per heavy atom. The van der Waals surface area contributed by atoms with Gasteiger partial charge in [-0.1, -0.05) is 12.6 Å². The summed E-state index contributed by atoms with van der Waals surface area (Å²) in [5.74, 6) is -0.296. The van der Waals surface area contributed by atoms with Gasteiger partial charge < -0.3 is 9.52 Å². The van der Waals surface area contributed by atoms with Crippen LogP contribution in [0.2, 0.25) is 0 Å². The third-order valence-corrected chi connectivity index (χ3v) is 2.27. The number of benzene rings is 1. The topological polar surface area (TPSA) is 63.3 Å². The molecule has 0 bridgehead atoms. The fourth-order valence-electron chi connectivity index (χ4n) is 1.54. The highest BCUT2D eigenvalue weighted by molar-refractivity contribution is 5.86. The van der Waals surface area contributed by atoms with Gasteiger partial charge >= 0.3 is 5.97 Å². The predicted molar refractivity (Wildman–Crippen MR) is 60.0 cm³/mol. The largest absolute Gasteiger partial charge is 0.481 e. The SMILES string of the molecule is C=C(CC(=O)O)c1ccc2nc(C)oc2c1. The highest BCUT2D eigenvalue weighted by Gasteiger charge is 2.07. The Labute approximate surface area is 92.2 Å². The fourth-order valence-corrected chi connectivity index (χ4v) is 1.54. The summed E-state index contributed by atoms with van der Waals surface area (Å²) in [6, 6.07) is 5.37. The lowest BCUT2D eigenvalue weighted by atomic mass is 10.0. The standard InChI is InChI=1S/C12H11NO3/c1-7(5-12(14)15)9-3-4-10-11(6-9)16-8(2)13-10/h3-4,6H,1,5H2,2H3,(H,14,15). The zero-order chi connectivity index (χ0) is 11.7. The van der Waals surface area contributed by atoms with Crippen LogP contribution >= 0.6 is 0 Å². The van der Waals surface area contributed by atoms with Crippen LogP contribution in [0, 0.1) is 6.92 Å². The van der Waals surface area contributed by atoms with Crippen molar-refractivity contribution in [2.45, 2.75) is 13.3 Å². The Morgan fingerprint density at radius 2 is 2.31 bits per heavy atom. The number of fused-ring (bicyclic) bond motifs is 1. The molecule has 1 aromatic heterocycles. The zero-order valence-corrected chi connectivity index (χ0v) is 8.86. The molecule has 4 heteroatoms. The number of aliphatic carboxylic acids is 1. The molecule has 2 aromatic rings. The molecule has 82 valence electrons. The summed E-state index contributed by atoms with van der Waals surface area (Å²) < 4.78 is 5.36. The van der Waals surface area contributed by atoms with Crippen molar-refractivity contribution in [3.05, 3.63) is 36.2 Å². The Hall–Kier alpha value is -2.10.